The fraction of sp³-hybridized carbons (Fsp3) is 0.250. The monoisotopic (exact) mass is 252 g/mol. The van der Waals surface area contributed by atoms with Crippen LogP contribution in [0.3, 0.4) is 0 Å². The lowest BCUT2D eigenvalue weighted by molar-refractivity contribution is 0.378. The number of aryl methyl sites for hydroxylation is 1. The summed E-state index contributed by atoms with van der Waals surface area (Å²) in [5.41, 5.74) is 1.32. The van der Waals surface area contributed by atoms with Gasteiger partial charge in [0.05, 0.1) is 0 Å². The zero-order valence-electron chi connectivity index (χ0n) is 8.44. The Labute approximate surface area is 88.3 Å². The molecule has 15 heavy (non-hydrogen) atoms. The summed E-state index contributed by atoms with van der Waals surface area (Å²) in [6.45, 7) is 2.70. The largest absolute Gasteiger partial charge is 0.407 e. The SMILES string of the molecule is CP(=O)(O)P(=O)(O)O.Cc1ccccc1. The highest BCUT2D eigenvalue weighted by molar-refractivity contribution is 8.28. The minimum Gasteiger partial charge on any atom is -0.336 e. The van der Waals surface area contributed by atoms with Crippen molar-refractivity contribution < 1.29 is 23.8 Å². The molecule has 0 radical (unpaired) electrons. The molecule has 0 saturated carbocycles. The van der Waals surface area contributed by atoms with E-state index in [0.717, 1.165) is 0 Å². The van der Waals surface area contributed by atoms with E-state index in [-0.39, 0.29) is 0 Å². The maximum Gasteiger partial charge on any atom is 0.407 e. The van der Waals surface area contributed by atoms with Crippen LogP contribution in [0.15, 0.2) is 30.3 Å². The van der Waals surface area contributed by atoms with Gasteiger partial charge in [-0.2, -0.15) is 0 Å². The van der Waals surface area contributed by atoms with E-state index >= 15 is 0 Å². The van der Waals surface area contributed by atoms with Gasteiger partial charge in [0.25, 0.3) is 0 Å². The zero-order valence-corrected chi connectivity index (χ0v) is 10.2. The quantitative estimate of drug-likeness (QED) is 0.664. The predicted octanol–water partition coefficient (Wildman–Crippen LogP) is 1.97. The molecule has 0 spiro atoms. The van der Waals surface area contributed by atoms with E-state index < -0.39 is 14.3 Å². The second-order valence-electron chi connectivity index (χ2n) is 3.00. The molecule has 7 heteroatoms. The lowest BCUT2D eigenvalue weighted by atomic mass is 10.2. The number of hydrogen-bond acceptors (Lipinski definition) is 2. The van der Waals surface area contributed by atoms with E-state index in [4.69, 9.17) is 14.7 Å². The van der Waals surface area contributed by atoms with E-state index in [9.17, 15) is 9.13 Å². The Morgan fingerprint density at radius 2 is 1.33 bits per heavy atom. The van der Waals surface area contributed by atoms with Crippen molar-refractivity contribution in [2.24, 2.45) is 0 Å². The van der Waals surface area contributed by atoms with Crippen molar-refractivity contribution >= 4 is 14.3 Å². The zero-order chi connectivity index (χ0) is 12.1. The third-order valence-corrected chi connectivity index (χ3v) is 5.29. The van der Waals surface area contributed by atoms with Gasteiger partial charge in [-0.3, -0.25) is 4.57 Å². The molecule has 0 amide bonds. The molecule has 0 fully saturated rings. The highest BCUT2D eigenvalue weighted by Crippen LogP contribution is 2.71. The third kappa shape index (κ3) is 6.61. The molecule has 5 nitrogen and oxygen atoms in total. The highest BCUT2D eigenvalue weighted by Gasteiger charge is 2.33. The van der Waals surface area contributed by atoms with Gasteiger partial charge in [-0.25, -0.2) is 4.57 Å². The van der Waals surface area contributed by atoms with Crippen molar-refractivity contribution in [3.05, 3.63) is 35.9 Å². The minimum atomic E-state index is -4.74. The summed E-state index contributed by atoms with van der Waals surface area (Å²) in [7, 11) is -8.92. The minimum absolute atomic E-state index is 0.619. The van der Waals surface area contributed by atoms with Crippen LogP contribution < -0.4 is 0 Å². The first-order chi connectivity index (χ1) is 6.64. The van der Waals surface area contributed by atoms with Gasteiger partial charge in [-0.15, -0.1) is 0 Å². The molecule has 0 aliphatic heterocycles. The number of benzene rings is 1. The van der Waals surface area contributed by atoms with Crippen LogP contribution in [0.1, 0.15) is 5.56 Å². The molecule has 0 aliphatic carbocycles. The molecule has 1 aromatic rings. The summed E-state index contributed by atoms with van der Waals surface area (Å²) >= 11 is 0. The lowest BCUT2D eigenvalue weighted by Gasteiger charge is -2.04. The highest BCUT2D eigenvalue weighted by atomic mass is 32.1. The average Bonchev–Trinajstić information content (AvgIpc) is 2.02. The molecular weight excluding hydrogens is 238 g/mol. The molecule has 0 saturated heterocycles. The van der Waals surface area contributed by atoms with Gasteiger partial charge < -0.3 is 14.7 Å². The Hall–Kier alpha value is -0.440. The Balaban J connectivity index is 0.000000262. The van der Waals surface area contributed by atoms with Crippen molar-refractivity contribution in [1.29, 1.82) is 0 Å². The molecule has 1 aromatic carbocycles. The third-order valence-electron chi connectivity index (χ3n) is 1.42. The molecule has 0 aliphatic rings. The average molecular weight is 252 g/mol. The van der Waals surface area contributed by atoms with Crippen LogP contribution in [0, 0.1) is 6.92 Å². The van der Waals surface area contributed by atoms with Crippen molar-refractivity contribution in [3.63, 3.8) is 0 Å². The molecule has 0 heterocycles. The van der Waals surface area contributed by atoms with E-state index in [1.54, 1.807) is 0 Å². The van der Waals surface area contributed by atoms with Crippen molar-refractivity contribution in [2.45, 2.75) is 6.92 Å². The van der Waals surface area contributed by atoms with Crippen LogP contribution in [0.5, 0.6) is 0 Å². The van der Waals surface area contributed by atoms with Crippen LogP contribution >= 0.6 is 14.3 Å². The number of hydrogen-bond donors (Lipinski definition) is 3. The molecule has 0 bridgehead atoms. The van der Waals surface area contributed by atoms with Crippen molar-refractivity contribution in [3.8, 4) is 0 Å². The van der Waals surface area contributed by atoms with Crippen LogP contribution in [0.2, 0.25) is 0 Å². The Morgan fingerprint density at radius 1 is 1.00 bits per heavy atom. The Morgan fingerprint density at radius 3 is 1.47 bits per heavy atom. The summed E-state index contributed by atoms with van der Waals surface area (Å²) in [6, 6.07) is 10.3. The van der Waals surface area contributed by atoms with Gasteiger partial charge in [0, 0.05) is 6.66 Å². The smallest absolute Gasteiger partial charge is 0.336 e. The molecule has 1 atom stereocenters. The predicted molar refractivity (Wildman–Crippen MR) is 59.0 cm³/mol. The maximum absolute atomic E-state index is 10.0. The molecular formula is C8H14O5P2. The molecule has 3 N–H and O–H groups in total. The fourth-order valence-electron chi connectivity index (χ4n) is 0.534. The summed E-state index contributed by atoms with van der Waals surface area (Å²) in [5, 5.41) is 0. The van der Waals surface area contributed by atoms with Gasteiger partial charge in [0.1, 0.15) is 0 Å². The lowest BCUT2D eigenvalue weighted by Crippen LogP contribution is -1.77. The van der Waals surface area contributed by atoms with Gasteiger partial charge >= 0.3 is 14.3 Å². The normalized spacial score (nSPS) is 14.7. The van der Waals surface area contributed by atoms with Crippen molar-refractivity contribution in [2.75, 3.05) is 6.66 Å². The van der Waals surface area contributed by atoms with Gasteiger partial charge in [0.2, 0.25) is 0 Å². The summed E-state index contributed by atoms with van der Waals surface area (Å²) < 4.78 is 19.9. The van der Waals surface area contributed by atoms with Crippen LogP contribution in [0.4, 0.5) is 0 Å². The maximum atomic E-state index is 10.0. The van der Waals surface area contributed by atoms with E-state index in [1.165, 1.54) is 5.56 Å². The second kappa shape index (κ2) is 5.59. The first kappa shape index (κ1) is 14.6. The number of rotatable bonds is 1. The van der Waals surface area contributed by atoms with Crippen molar-refractivity contribution in [1.82, 2.24) is 0 Å². The summed E-state index contributed by atoms with van der Waals surface area (Å²) in [6.07, 6.45) is 0. The van der Waals surface area contributed by atoms with E-state index in [2.05, 4.69) is 19.1 Å². The van der Waals surface area contributed by atoms with Gasteiger partial charge in [-0.05, 0) is 6.92 Å². The Bertz CT molecular complexity index is 357. The van der Waals surface area contributed by atoms with E-state index in [1.807, 2.05) is 18.2 Å². The molecule has 0 aromatic heterocycles. The van der Waals surface area contributed by atoms with Crippen LogP contribution in [-0.2, 0) is 9.13 Å². The summed E-state index contributed by atoms with van der Waals surface area (Å²) in [4.78, 5) is 24.1. The Kier molecular flexibility index (Phi) is 5.43. The standard InChI is InChI=1S/C7H8.CH6O5P2/c1-7-5-3-2-4-6-7;1-7(2,3)8(4,5)6/h2-6H,1H3;1H3,(H,2,3)(H2,4,5,6). The second-order valence-corrected chi connectivity index (χ2v) is 9.49. The molecule has 1 unspecified atom stereocenters. The first-order valence-corrected chi connectivity index (χ1v) is 8.45. The van der Waals surface area contributed by atoms with E-state index in [0.29, 0.717) is 6.66 Å². The molecule has 1 rings (SSSR count). The van der Waals surface area contributed by atoms with Gasteiger partial charge in [0.15, 0.2) is 0 Å². The van der Waals surface area contributed by atoms with Crippen LogP contribution in [0.25, 0.3) is 0 Å². The van der Waals surface area contributed by atoms with Crippen LogP contribution in [-0.4, -0.2) is 21.3 Å². The topological polar surface area (TPSA) is 94.8 Å². The fourth-order valence-corrected chi connectivity index (χ4v) is 0.534. The molecule has 86 valence electrons. The summed E-state index contributed by atoms with van der Waals surface area (Å²) in [5.74, 6) is 0. The van der Waals surface area contributed by atoms with Gasteiger partial charge in [-0.1, -0.05) is 35.9 Å². The first-order valence-electron chi connectivity index (χ1n) is 4.02.